The Labute approximate surface area is 160 Å². The maximum absolute atomic E-state index is 12.5. The van der Waals surface area contributed by atoms with Gasteiger partial charge >= 0.3 is 5.97 Å². The molecule has 0 spiro atoms. The van der Waals surface area contributed by atoms with Crippen molar-refractivity contribution in [3.8, 4) is 0 Å². The first-order valence-corrected chi connectivity index (χ1v) is 9.51. The summed E-state index contributed by atoms with van der Waals surface area (Å²) in [7, 11) is 0. The Morgan fingerprint density at radius 1 is 1.42 bits per heavy atom. The molecule has 1 atom stereocenters. The molecule has 3 rings (SSSR count). The lowest BCUT2D eigenvalue weighted by molar-refractivity contribution is -0.152. The molecule has 2 aliphatic heterocycles. The Morgan fingerprint density at radius 2 is 2.23 bits per heavy atom. The van der Waals surface area contributed by atoms with E-state index in [1.54, 1.807) is 18.2 Å². The molecule has 0 unspecified atom stereocenters. The quantitative estimate of drug-likeness (QED) is 0.605. The van der Waals surface area contributed by atoms with Crippen molar-refractivity contribution in [1.29, 1.82) is 0 Å². The molecule has 2 aliphatic rings. The van der Waals surface area contributed by atoms with Gasteiger partial charge in [-0.1, -0.05) is 24.0 Å². The highest BCUT2D eigenvalue weighted by Crippen LogP contribution is 2.32. The number of amides is 2. The lowest BCUT2D eigenvalue weighted by atomic mass is 10.0. The summed E-state index contributed by atoms with van der Waals surface area (Å²) in [5.41, 5.74) is 0. The van der Waals surface area contributed by atoms with Gasteiger partial charge in [0.15, 0.2) is 0 Å². The number of furan rings is 1. The summed E-state index contributed by atoms with van der Waals surface area (Å²) in [6.07, 6.45) is 5.24. The zero-order valence-corrected chi connectivity index (χ0v) is 15.6. The van der Waals surface area contributed by atoms with Gasteiger partial charge in [-0.3, -0.25) is 14.5 Å². The molecule has 0 aliphatic carbocycles. The zero-order valence-electron chi connectivity index (χ0n) is 13.9. The van der Waals surface area contributed by atoms with Gasteiger partial charge in [0, 0.05) is 25.6 Å². The summed E-state index contributed by atoms with van der Waals surface area (Å²) in [5.74, 6) is -0.956. The molecule has 3 heterocycles. The number of thiocarbonyl (C=S) groups is 1. The molecule has 9 heteroatoms. The average Bonchev–Trinajstić information content (AvgIpc) is 3.22. The highest BCUT2D eigenvalue weighted by atomic mass is 32.2. The van der Waals surface area contributed by atoms with E-state index < -0.39 is 12.0 Å². The minimum Gasteiger partial charge on any atom is -0.480 e. The van der Waals surface area contributed by atoms with E-state index in [4.69, 9.17) is 16.6 Å². The first-order valence-electron chi connectivity index (χ1n) is 8.28. The van der Waals surface area contributed by atoms with Crippen molar-refractivity contribution in [2.45, 2.75) is 31.7 Å². The van der Waals surface area contributed by atoms with E-state index in [-0.39, 0.29) is 24.8 Å². The fourth-order valence-corrected chi connectivity index (χ4v) is 4.32. The number of hydrogen-bond acceptors (Lipinski definition) is 6. The van der Waals surface area contributed by atoms with Crippen LogP contribution in [0.25, 0.3) is 6.08 Å². The molecule has 26 heavy (non-hydrogen) atoms. The topological polar surface area (TPSA) is 91.1 Å². The lowest BCUT2D eigenvalue weighted by Gasteiger charge is -2.33. The van der Waals surface area contributed by atoms with Crippen LogP contribution >= 0.6 is 24.0 Å². The number of carboxylic acid groups (broad SMARTS) is 1. The predicted molar refractivity (Wildman–Crippen MR) is 100 cm³/mol. The fourth-order valence-electron chi connectivity index (χ4n) is 3.03. The highest BCUT2D eigenvalue weighted by molar-refractivity contribution is 8.26. The first kappa shape index (κ1) is 18.7. The van der Waals surface area contributed by atoms with Gasteiger partial charge < -0.3 is 14.4 Å². The van der Waals surface area contributed by atoms with Crippen LogP contribution in [0.15, 0.2) is 27.7 Å². The molecule has 2 fully saturated rings. The van der Waals surface area contributed by atoms with E-state index in [1.807, 2.05) is 0 Å². The van der Waals surface area contributed by atoms with Crippen LogP contribution in [-0.4, -0.2) is 56.1 Å². The molecule has 1 aromatic rings. The first-order chi connectivity index (χ1) is 12.5. The standard InChI is InChI=1S/C17H18N2O5S2/c20-14(18-7-2-1-5-12(18)16(22)23)6-8-19-15(21)13(26-17(19)25)10-11-4-3-9-24-11/h3-4,9-10,12H,1-2,5-8H2,(H,22,23)/b13-10-/t12-/m1/s1. The van der Waals surface area contributed by atoms with E-state index in [0.717, 1.165) is 24.6 Å². The number of piperidine rings is 1. The highest BCUT2D eigenvalue weighted by Gasteiger charge is 2.35. The Kier molecular flexibility index (Phi) is 5.77. The monoisotopic (exact) mass is 394 g/mol. The number of rotatable bonds is 5. The molecule has 0 aromatic carbocycles. The van der Waals surface area contributed by atoms with E-state index >= 15 is 0 Å². The fraction of sp³-hybridized carbons (Fsp3) is 0.412. The Balaban J connectivity index is 1.62. The van der Waals surface area contributed by atoms with Crippen LogP contribution in [0, 0.1) is 0 Å². The second kappa shape index (κ2) is 8.05. The molecule has 2 amide bonds. The third-order valence-corrected chi connectivity index (χ3v) is 5.73. The summed E-state index contributed by atoms with van der Waals surface area (Å²) in [4.78, 5) is 39.5. The van der Waals surface area contributed by atoms with Crippen molar-refractivity contribution in [3.63, 3.8) is 0 Å². The zero-order chi connectivity index (χ0) is 18.7. The molecule has 138 valence electrons. The molecule has 1 aromatic heterocycles. The third-order valence-electron chi connectivity index (χ3n) is 4.35. The van der Waals surface area contributed by atoms with Crippen molar-refractivity contribution >= 4 is 52.2 Å². The summed E-state index contributed by atoms with van der Waals surface area (Å²) in [6, 6.07) is 2.68. The molecule has 1 N–H and O–H groups in total. The normalized spacial score (nSPS) is 22.3. The van der Waals surface area contributed by atoms with Crippen molar-refractivity contribution in [3.05, 3.63) is 29.1 Å². The Bertz CT molecular complexity index is 759. The number of carbonyl (C=O) groups excluding carboxylic acids is 2. The maximum Gasteiger partial charge on any atom is 0.326 e. The van der Waals surface area contributed by atoms with Crippen LogP contribution in [0.5, 0.6) is 0 Å². The smallest absolute Gasteiger partial charge is 0.326 e. The number of carbonyl (C=O) groups is 3. The van der Waals surface area contributed by atoms with Gasteiger partial charge in [0.05, 0.1) is 11.2 Å². The molecule has 2 saturated heterocycles. The summed E-state index contributed by atoms with van der Waals surface area (Å²) < 4.78 is 5.59. The van der Waals surface area contributed by atoms with Crippen molar-refractivity contribution in [1.82, 2.24) is 9.80 Å². The van der Waals surface area contributed by atoms with Crippen LogP contribution in [0.1, 0.15) is 31.4 Å². The number of likely N-dealkylation sites (tertiary alicyclic amines) is 1. The molecule has 0 saturated carbocycles. The van der Waals surface area contributed by atoms with Gasteiger partial charge in [0.2, 0.25) is 5.91 Å². The Hall–Kier alpha value is -2.13. The van der Waals surface area contributed by atoms with Crippen LogP contribution in [0.4, 0.5) is 0 Å². The second-order valence-electron chi connectivity index (χ2n) is 6.04. The number of aliphatic carboxylic acids is 1. The van der Waals surface area contributed by atoms with E-state index in [0.29, 0.717) is 28.0 Å². The van der Waals surface area contributed by atoms with E-state index in [2.05, 4.69) is 0 Å². The van der Waals surface area contributed by atoms with Gasteiger partial charge in [-0.15, -0.1) is 0 Å². The lowest BCUT2D eigenvalue weighted by Crippen LogP contribution is -2.48. The average molecular weight is 394 g/mol. The maximum atomic E-state index is 12.5. The van der Waals surface area contributed by atoms with Crippen LogP contribution in [0.2, 0.25) is 0 Å². The largest absolute Gasteiger partial charge is 0.480 e. The number of thioether (sulfide) groups is 1. The molecule has 0 radical (unpaired) electrons. The summed E-state index contributed by atoms with van der Waals surface area (Å²) in [5, 5.41) is 9.28. The molecular weight excluding hydrogens is 376 g/mol. The SMILES string of the molecule is O=C(O)[C@H]1CCCCN1C(=O)CCN1C(=O)/C(=C/c2ccco2)SC1=S. The number of hydrogen-bond donors (Lipinski definition) is 1. The predicted octanol–water partition coefficient (Wildman–Crippen LogP) is 2.34. The van der Waals surface area contributed by atoms with Gasteiger partial charge in [0.25, 0.3) is 5.91 Å². The van der Waals surface area contributed by atoms with Gasteiger partial charge in [-0.25, -0.2) is 4.79 Å². The van der Waals surface area contributed by atoms with Crippen LogP contribution in [0.3, 0.4) is 0 Å². The van der Waals surface area contributed by atoms with Crippen molar-refractivity contribution < 1.29 is 23.9 Å². The minimum atomic E-state index is -0.981. The summed E-state index contributed by atoms with van der Waals surface area (Å²) in [6.45, 7) is 0.578. The van der Waals surface area contributed by atoms with Crippen molar-refractivity contribution in [2.24, 2.45) is 0 Å². The second-order valence-corrected chi connectivity index (χ2v) is 7.71. The number of nitrogens with zero attached hydrogens (tertiary/aromatic N) is 2. The summed E-state index contributed by atoms with van der Waals surface area (Å²) >= 11 is 6.40. The van der Waals surface area contributed by atoms with Crippen LogP contribution in [-0.2, 0) is 14.4 Å². The molecule has 7 nitrogen and oxygen atoms in total. The van der Waals surface area contributed by atoms with Gasteiger partial charge in [-0.2, -0.15) is 0 Å². The Morgan fingerprint density at radius 3 is 2.92 bits per heavy atom. The third kappa shape index (κ3) is 3.99. The van der Waals surface area contributed by atoms with Gasteiger partial charge in [0.1, 0.15) is 16.1 Å². The minimum absolute atomic E-state index is 0.0459. The van der Waals surface area contributed by atoms with Crippen molar-refractivity contribution in [2.75, 3.05) is 13.1 Å². The van der Waals surface area contributed by atoms with Gasteiger partial charge in [-0.05, 0) is 31.4 Å². The molecular formula is C17H18N2O5S2. The molecule has 0 bridgehead atoms. The number of carboxylic acids is 1. The van der Waals surface area contributed by atoms with Crippen LogP contribution < -0.4 is 0 Å². The van der Waals surface area contributed by atoms with E-state index in [9.17, 15) is 19.5 Å². The van der Waals surface area contributed by atoms with E-state index in [1.165, 1.54) is 16.1 Å².